The molecule has 1 aromatic rings. The van der Waals surface area contributed by atoms with Gasteiger partial charge in [-0.1, -0.05) is 24.3 Å². The van der Waals surface area contributed by atoms with E-state index in [1.807, 2.05) is 0 Å². The highest BCUT2D eigenvalue weighted by atomic mass is 16.3. The largest absolute Gasteiger partial charge is 0.395 e. The average molecular weight is 274 g/mol. The summed E-state index contributed by atoms with van der Waals surface area (Å²) in [5, 5.41) is 9.20. The smallest absolute Gasteiger partial charge is 0.0558 e. The van der Waals surface area contributed by atoms with Crippen LogP contribution in [0.4, 0.5) is 0 Å². The van der Waals surface area contributed by atoms with Crippen molar-refractivity contribution in [2.75, 3.05) is 33.3 Å². The fraction of sp³-hybridized carbons (Fsp3) is 0.647. The molecule has 0 unspecified atom stereocenters. The minimum absolute atomic E-state index is 0.270. The van der Waals surface area contributed by atoms with Crippen LogP contribution in [-0.2, 0) is 0 Å². The first-order valence-corrected chi connectivity index (χ1v) is 7.77. The van der Waals surface area contributed by atoms with Gasteiger partial charge in [-0.2, -0.15) is 0 Å². The van der Waals surface area contributed by atoms with Crippen molar-refractivity contribution in [2.45, 2.75) is 31.8 Å². The molecular weight excluding hydrogens is 248 g/mol. The predicted molar refractivity (Wildman–Crippen MR) is 81.8 cm³/mol. The van der Waals surface area contributed by atoms with Crippen LogP contribution in [-0.4, -0.2) is 54.2 Å². The number of benzene rings is 1. The van der Waals surface area contributed by atoms with Gasteiger partial charge in [0.05, 0.1) is 6.61 Å². The van der Waals surface area contributed by atoms with Gasteiger partial charge in [0.15, 0.2) is 0 Å². The lowest BCUT2D eigenvalue weighted by Gasteiger charge is -2.33. The third-order valence-corrected chi connectivity index (χ3v) is 5.23. The van der Waals surface area contributed by atoms with Crippen LogP contribution in [0.5, 0.6) is 0 Å². The van der Waals surface area contributed by atoms with Gasteiger partial charge < -0.3 is 10.0 Å². The van der Waals surface area contributed by atoms with E-state index in [2.05, 4.69) is 55.0 Å². The van der Waals surface area contributed by atoms with Crippen LogP contribution in [0.3, 0.4) is 0 Å². The second-order valence-corrected chi connectivity index (χ2v) is 6.59. The molecule has 0 saturated carbocycles. The molecule has 110 valence electrons. The maximum atomic E-state index is 9.20. The Bertz CT molecular complexity index is 474. The van der Waals surface area contributed by atoms with Gasteiger partial charge in [0, 0.05) is 37.6 Å². The molecule has 20 heavy (non-hydrogen) atoms. The first kappa shape index (κ1) is 14.1. The van der Waals surface area contributed by atoms with Crippen molar-refractivity contribution in [2.24, 2.45) is 5.92 Å². The first-order chi connectivity index (χ1) is 9.63. The zero-order valence-corrected chi connectivity index (χ0v) is 12.8. The third kappa shape index (κ3) is 2.18. The highest BCUT2D eigenvalue weighted by molar-refractivity contribution is 5.41. The second kappa shape index (κ2) is 5.47. The summed E-state index contributed by atoms with van der Waals surface area (Å²) in [5.74, 6) is 1.32. The van der Waals surface area contributed by atoms with Crippen LogP contribution >= 0.6 is 0 Å². The molecule has 0 radical (unpaired) electrons. The monoisotopic (exact) mass is 274 g/mol. The van der Waals surface area contributed by atoms with Crippen LogP contribution in [0.25, 0.3) is 0 Å². The van der Waals surface area contributed by atoms with Gasteiger partial charge in [0.2, 0.25) is 0 Å². The molecule has 0 aromatic heterocycles. The summed E-state index contributed by atoms with van der Waals surface area (Å²) in [6, 6.07) is 10.0. The van der Waals surface area contributed by atoms with Crippen molar-refractivity contribution in [3.8, 4) is 0 Å². The maximum absolute atomic E-state index is 9.20. The Hall–Kier alpha value is -0.900. The average Bonchev–Trinajstić information content (AvgIpc) is 2.94. The Morgan fingerprint density at radius 1 is 1.25 bits per heavy atom. The van der Waals surface area contributed by atoms with Crippen molar-refractivity contribution >= 4 is 0 Å². The Morgan fingerprint density at radius 2 is 1.95 bits per heavy atom. The summed E-state index contributed by atoms with van der Waals surface area (Å²) in [7, 11) is 2.25. The molecule has 1 saturated heterocycles. The van der Waals surface area contributed by atoms with Crippen LogP contribution in [0.2, 0.25) is 0 Å². The fourth-order valence-electron chi connectivity index (χ4n) is 4.08. The number of hydrogen-bond acceptors (Lipinski definition) is 3. The molecule has 3 atom stereocenters. The van der Waals surface area contributed by atoms with E-state index >= 15 is 0 Å². The van der Waals surface area contributed by atoms with Crippen molar-refractivity contribution < 1.29 is 5.11 Å². The summed E-state index contributed by atoms with van der Waals surface area (Å²) in [4.78, 5) is 4.94. The number of nitrogens with zero attached hydrogens (tertiary/aromatic N) is 2. The molecule has 3 rings (SSSR count). The quantitative estimate of drug-likeness (QED) is 0.911. The fourth-order valence-corrected chi connectivity index (χ4v) is 4.08. The van der Waals surface area contributed by atoms with Gasteiger partial charge >= 0.3 is 0 Å². The summed E-state index contributed by atoms with van der Waals surface area (Å²) in [6.07, 6.45) is 0. The summed E-state index contributed by atoms with van der Waals surface area (Å²) in [6.45, 7) is 7.85. The van der Waals surface area contributed by atoms with Crippen LogP contribution < -0.4 is 0 Å². The number of rotatable bonds is 4. The Morgan fingerprint density at radius 3 is 2.60 bits per heavy atom. The van der Waals surface area contributed by atoms with E-state index in [1.54, 1.807) is 0 Å². The number of hydrogen-bond donors (Lipinski definition) is 1. The molecule has 1 N–H and O–H groups in total. The molecule has 1 fully saturated rings. The highest BCUT2D eigenvalue weighted by Gasteiger charge is 2.47. The molecule has 0 spiro atoms. The van der Waals surface area contributed by atoms with Crippen LogP contribution in [0.1, 0.15) is 36.9 Å². The standard InChI is InChI=1S/C17H26N2O/c1-12(2)18(3)17-14-7-5-4-6-13(14)15-10-19(8-9-20)11-16(15)17/h4-7,12,15-17,20H,8-11H2,1-3H3/t15-,16-,17-/m0/s1. The SMILES string of the molecule is CC(C)N(C)[C@H]1c2ccccc2[C@@H]2CN(CCO)C[C@@H]21. The lowest BCUT2D eigenvalue weighted by atomic mass is 9.93. The summed E-state index contributed by atoms with van der Waals surface area (Å²) in [5.41, 5.74) is 3.07. The van der Waals surface area contributed by atoms with Crippen molar-refractivity contribution in [3.63, 3.8) is 0 Å². The van der Waals surface area contributed by atoms with Gasteiger partial charge in [-0.25, -0.2) is 0 Å². The predicted octanol–water partition coefficient (Wildman–Crippen LogP) is 2.09. The Labute approximate surface area is 122 Å². The number of likely N-dealkylation sites (tertiary alicyclic amines) is 1. The van der Waals surface area contributed by atoms with E-state index in [4.69, 9.17) is 0 Å². The number of fused-ring (bicyclic) bond motifs is 3. The molecule has 1 aliphatic carbocycles. The van der Waals surface area contributed by atoms with Crippen molar-refractivity contribution in [1.82, 2.24) is 9.80 Å². The molecule has 1 aromatic carbocycles. The van der Waals surface area contributed by atoms with E-state index in [0.29, 0.717) is 23.9 Å². The van der Waals surface area contributed by atoms with E-state index < -0.39 is 0 Å². The Kier molecular flexibility index (Phi) is 3.85. The molecule has 0 amide bonds. The normalized spacial score (nSPS) is 29.2. The molecule has 3 nitrogen and oxygen atoms in total. The zero-order valence-electron chi connectivity index (χ0n) is 12.8. The Balaban J connectivity index is 1.93. The maximum Gasteiger partial charge on any atom is 0.0558 e. The highest BCUT2D eigenvalue weighted by Crippen LogP contribution is 2.51. The third-order valence-electron chi connectivity index (χ3n) is 5.23. The van der Waals surface area contributed by atoms with Gasteiger partial charge in [-0.05, 0) is 37.9 Å². The van der Waals surface area contributed by atoms with Gasteiger partial charge in [-0.15, -0.1) is 0 Å². The van der Waals surface area contributed by atoms with Crippen LogP contribution in [0, 0.1) is 5.92 Å². The summed E-state index contributed by atoms with van der Waals surface area (Å²) >= 11 is 0. The van der Waals surface area contributed by atoms with Gasteiger partial charge in [-0.3, -0.25) is 4.90 Å². The first-order valence-electron chi connectivity index (χ1n) is 7.77. The number of β-amino-alcohol motifs (C(OH)–C–C–N with tert-alkyl or cyclic N) is 1. The zero-order chi connectivity index (χ0) is 14.3. The molecule has 0 bridgehead atoms. The molecule has 1 heterocycles. The minimum Gasteiger partial charge on any atom is -0.395 e. The lowest BCUT2D eigenvalue weighted by Crippen LogP contribution is -2.35. The van der Waals surface area contributed by atoms with Gasteiger partial charge in [0.1, 0.15) is 0 Å². The molecular formula is C17H26N2O. The van der Waals surface area contributed by atoms with Crippen molar-refractivity contribution in [3.05, 3.63) is 35.4 Å². The topological polar surface area (TPSA) is 26.7 Å². The minimum atomic E-state index is 0.270. The molecule has 2 aliphatic rings. The molecule has 3 heteroatoms. The molecule has 1 aliphatic heterocycles. The summed E-state index contributed by atoms with van der Waals surface area (Å²) < 4.78 is 0. The number of aliphatic hydroxyl groups excluding tert-OH is 1. The lowest BCUT2D eigenvalue weighted by molar-refractivity contribution is 0.142. The van der Waals surface area contributed by atoms with E-state index in [-0.39, 0.29) is 6.61 Å². The second-order valence-electron chi connectivity index (χ2n) is 6.59. The van der Waals surface area contributed by atoms with Crippen LogP contribution in [0.15, 0.2) is 24.3 Å². The number of aliphatic hydroxyl groups is 1. The van der Waals surface area contributed by atoms with E-state index in [1.165, 1.54) is 11.1 Å². The van der Waals surface area contributed by atoms with E-state index in [0.717, 1.165) is 19.6 Å². The van der Waals surface area contributed by atoms with Crippen molar-refractivity contribution in [1.29, 1.82) is 0 Å². The van der Waals surface area contributed by atoms with E-state index in [9.17, 15) is 5.11 Å². The van der Waals surface area contributed by atoms with Gasteiger partial charge in [0.25, 0.3) is 0 Å².